The molecule has 2 aliphatic rings. The summed E-state index contributed by atoms with van der Waals surface area (Å²) in [6.45, 7) is 4.92. The minimum Gasteiger partial charge on any atom is -0.489 e. The number of nitrogens with two attached hydrogens (primary N) is 1. The summed E-state index contributed by atoms with van der Waals surface area (Å²) in [7, 11) is 0. The molecule has 9 nitrogen and oxygen atoms in total. The summed E-state index contributed by atoms with van der Waals surface area (Å²) in [5, 5.41) is 21.2. The maximum absolute atomic E-state index is 13.7. The smallest absolute Gasteiger partial charge is 0.231 e. The van der Waals surface area contributed by atoms with Crippen molar-refractivity contribution in [1.29, 1.82) is 0 Å². The highest BCUT2D eigenvalue weighted by molar-refractivity contribution is 5.96. The number of carbonyl (C=O) groups is 2. The number of primary amides is 1. The Morgan fingerprint density at radius 1 is 1.19 bits per heavy atom. The number of amides is 1. The Morgan fingerprint density at radius 2 is 1.90 bits per heavy atom. The van der Waals surface area contributed by atoms with Gasteiger partial charge in [0.15, 0.2) is 17.3 Å². The van der Waals surface area contributed by atoms with Crippen LogP contribution in [0.15, 0.2) is 48.5 Å². The Hall–Kier alpha value is -4.02. The third-order valence-electron chi connectivity index (χ3n) is 7.69. The molecule has 0 bridgehead atoms. The quantitative estimate of drug-likeness (QED) is 0.272. The molecule has 3 atom stereocenters. The SMILES string of the molecule is C[C@@H](O)COc1ccc(C(=O)CC[C@](C)(O)c2cc3c(c(-c4ccc(F)cc4)n2)OC[C@]3(C)C(N)=O)cc1OC1CC1. The molecule has 2 heterocycles. The highest BCUT2D eigenvalue weighted by atomic mass is 19.1. The number of rotatable bonds is 12. The van der Waals surface area contributed by atoms with Crippen LogP contribution in [0.1, 0.15) is 68.1 Å². The minimum absolute atomic E-state index is 0.000187. The molecule has 0 radical (unpaired) electrons. The van der Waals surface area contributed by atoms with E-state index in [9.17, 15) is 24.2 Å². The lowest BCUT2D eigenvalue weighted by atomic mass is 9.81. The highest BCUT2D eigenvalue weighted by Gasteiger charge is 2.45. The predicted molar refractivity (Wildman–Crippen MR) is 152 cm³/mol. The largest absolute Gasteiger partial charge is 0.489 e. The van der Waals surface area contributed by atoms with Gasteiger partial charge in [0.2, 0.25) is 5.91 Å². The zero-order valence-electron chi connectivity index (χ0n) is 23.9. The molecular weight excluding hydrogens is 543 g/mol. The third-order valence-corrected chi connectivity index (χ3v) is 7.69. The zero-order chi connectivity index (χ0) is 30.2. The van der Waals surface area contributed by atoms with Crippen LogP contribution in [-0.2, 0) is 15.8 Å². The summed E-state index contributed by atoms with van der Waals surface area (Å²) in [4.78, 5) is 30.4. The molecule has 0 unspecified atom stereocenters. The van der Waals surface area contributed by atoms with Crippen molar-refractivity contribution in [3.8, 4) is 28.5 Å². The fourth-order valence-electron chi connectivity index (χ4n) is 4.76. The number of pyridine rings is 1. The number of hydrogen-bond donors (Lipinski definition) is 3. The monoisotopic (exact) mass is 578 g/mol. The second-order valence-corrected chi connectivity index (χ2v) is 11.6. The van der Waals surface area contributed by atoms with Gasteiger partial charge in [0.25, 0.3) is 0 Å². The van der Waals surface area contributed by atoms with Gasteiger partial charge in [0.1, 0.15) is 41.5 Å². The van der Waals surface area contributed by atoms with Crippen molar-refractivity contribution in [2.24, 2.45) is 5.73 Å². The van der Waals surface area contributed by atoms with E-state index in [2.05, 4.69) is 4.98 Å². The molecule has 1 aliphatic heterocycles. The molecule has 2 aromatic carbocycles. The van der Waals surface area contributed by atoms with Crippen molar-refractivity contribution in [3.63, 3.8) is 0 Å². The number of halogens is 1. The Morgan fingerprint density at radius 3 is 2.55 bits per heavy atom. The minimum atomic E-state index is -1.58. The van der Waals surface area contributed by atoms with Gasteiger partial charge in [0.05, 0.1) is 17.9 Å². The van der Waals surface area contributed by atoms with Crippen LogP contribution in [0.5, 0.6) is 17.2 Å². The lowest BCUT2D eigenvalue weighted by Gasteiger charge is -2.26. The van der Waals surface area contributed by atoms with Crippen LogP contribution in [-0.4, -0.2) is 52.3 Å². The van der Waals surface area contributed by atoms with Crippen LogP contribution in [0, 0.1) is 5.82 Å². The van der Waals surface area contributed by atoms with Gasteiger partial charge in [-0.05, 0) is 88.6 Å². The number of carbonyl (C=O) groups excluding carboxylic acids is 2. The van der Waals surface area contributed by atoms with Crippen LogP contribution in [0.4, 0.5) is 4.39 Å². The number of ketones is 1. The molecule has 1 fully saturated rings. The summed E-state index contributed by atoms with van der Waals surface area (Å²) in [6.07, 6.45) is 1.26. The lowest BCUT2D eigenvalue weighted by molar-refractivity contribution is -0.123. The van der Waals surface area contributed by atoms with E-state index < -0.39 is 28.8 Å². The summed E-state index contributed by atoms with van der Waals surface area (Å²) in [5.41, 5.74) is 4.98. The lowest BCUT2D eigenvalue weighted by Crippen LogP contribution is -2.40. The van der Waals surface area contributed by atoms with Gasteiger partial charge in [-0.15, -0.1) is 0 Å². The first-order valence-corrected chi connectivity index (χ1v) is 14.0. The molecule has 222 valence electrons. The van der Waals surface area contributed by atoms with Crippen molar-refractivity contribution >= 4 is 11.7 Å². The number of Topliss-reactive ketones (excluding diaryl/α,β-unsaturated/α-hetero) is 1. The number of aliphatic hydroxyl groups excluding tert-OH is 1. The van der Waals surface area contributed by atoms with E-state index >= 15 is 0 Å². The van der Waals surface area contributed by atoms with E-state index in [1.807, 2.05) is 0 Å². The van der Waals surface area contributed by atoms with Crippen molar-refractivity contribution in [2.45, 2.75) is 69.7 Å². The summed E-state index contributed by atoms with van der Waals surface area (Å²) < 4.78 is 31.1. The number of benzene rings is 2. The maximum Gasteiger partial charge on any atom is 0.231 e. The van der Waals surface area contributed by atoms with Crippen molar-refractivity contribution < 1.29 is 38.4 Å². The molecule has 0 saturated heterocycles. The maximum atomic E-state index is 13.7. The number of aliphatic hydroxyl groups is 2. The normalized spacial score (nSPS) is 19.8. The van der Waals surface area contributed by atoms with E-state index in [1.165, 1.54) is 12.1 Å². The first-order chi connectivity index (χ1) is 19.9. The predicted octanol–water partition coefficient (Wildman–Crippen LogP) is 4.19. The van der Waals surface area contributed by atoms with Crippen LogP contribution in [0.2, 0.25) is 0 Å². The molecule has 42 heavy (non-hydrogen) atoms. The average molecular weight is 579 g/mol. The molecule has 1 amide bonds. The van der Waals surface area contributed by atoms with E-state index in [-0.39, 0.29) is 43.6 Å². The van der Waals surface area contributed by atoms with Crippen LogP contribution in [0.25, 0.3) is 11.3 Å². The average Bonchev–Trinajstić information content (AvgIpc) is 3.70. The Labute approximate surface area is 243 Å². The molecule has 4 N–H and O–H groups in total. The fraction of sp³-hybridized carbons (Fsp3) is 0.406. The van der Waals surface area contributed by atoms with Gasteiger partial charge >= 0.3 is 0 Å². The van der Waals surface area contributed by atoms with E-state index in [0.717, 1.165) is 12.8 Å². The van der Waals surface area contributed by atoms with Gasteiger partial charge in [-0.25, -0.2) is 9.37 Å². The van der Waals surface area contributed by atoms with Crippen LogP contribution < -0.4 is 19.9 Å². The number of fused-ring (bicyclic) bond motifs is 1. The third kappa shape index (κ3) is 6.10. The number of nitrogens with zero attached hydrogens (tertiary/aromatic N) is 1. The Bertz CT molecular complexity index is 1500. The van der Waals surface area contributed by atoms with Gasteiger partial charge in [0, 0.05) is 23.1 Å². The van der Waals surface area contributed by atoms with Crippen molar-refractivity contribution in [2.75, 3.05) is 13.2 Å². The van der Waals surface area contributed by atoms with Gasteiger partial charge in [-0.2, -0.15) is 0 Å². The standard InChI is InChI=1S/C32H35FN2O7/c1-18(36)16-40-25-11-6-20(14-26(25)42-22-9-10-22)24(37)12-13-32(3,39)27-15-23-29(41-17-31(23,2)30(34)38)28(35-27)19-4-7-21(33)8-5-19/h4-8,11,14-15,18,22,36,39H,9-10,12-13,16-17H2,1-3H3,(H2,34,38)/t18-,31+,32+/m1/s1. The highest BCUT2D eigenvalue weighted by Crippen LogP contribution is 2.46. The van der Waals surface area contributed by atoms with Crippen molar-refractivity contribution in [3.05, 3.63) is 71.2 Å². The molecule has 0 spiro atoms. The Kier molecular flexibility index (Phi) is 7.96. The number of hydrogen-bond acceptors (Lipinski definition) is 8. The fourth-order valence-corrected chi connectivity index (χ4v) is 4.76. The van der Waals surface area contributed by atoms with E-state index in [4.69, 9.17) is 19.9 Å². The van der Waals surface area contributed by atoms with Gasteiger partial charge < -0.3 is 30.2 Å². The van der Waals surface area contributed by atoms with Gasteiger partial charge in [-0.3, -0.25) is 9.59 Å². The summed E-state index contributed by atoms with van der Waals surface area (Å²) >= 11 is 0. The molecule has 5 rings (SSSR count). The second kappa shape index (κ2) is 11.3. The Balaban J connectivity index is 1.41. The zero-order valence-corrected chi connectivity index (χ0v) is 23.9. The number of aromatic nitrogens is 1. The summed E-state index contributed by atoms with van der Waals surface area (Å²) in [6, 6.07) is 12.2. The second-order valence-electron chi connectivity index (χ2n) is 11.6. The van der Waals surface area contributed by atoms with E-state index in [1.54, 1.807) is 57.2 Å². The molecule has 1 saturated carbocycles. The van der Waals surface area contributed by atoms with Crippen LogP contribution in [0.3, 0.4) is 0 Å². The molecule has 1 aromatic heterocycles. The van der Waals surface area contributed by atoms with E-state index in [0.29, 0.717) is 39.6 Å². The topological polar surface area (TPSA) is 141 Å². The van der Waals surface area contributed by atoms with Gasteiger partial charge in [-0.1, -0.05) is 0 Å². The molecular formula is C32H35FN2O7. The first-order valence-electron chi connectivity index (χ1n) is 14.0. The molecule has 1 aliphatic carbocycles. The summed E-state index contributed by atoms with van der Waals surface area (Å²) in [5.74, 6) is -0.00753. The molecule has 10 heteroatoms. The van der Waals surface area contributed by atoms with Crippen LogP contribution >= 0.6 is 0 Å². The van der Waals surface area contributed by atoms with Crippen molar-refractivity contribution in [1.82, 2.24) is 4.98 Å². The first kappa shape index (κ1) is 29.5. The number of ether oxygens (including phenoxy) is 3. The molecule has 3 aromatic rings.